The Morgan fingerprint density at radius 1 is 1.21 bits per heavy atom. The molecule has 1 aliphatic rings. The van der Waals surface area contributed by atoms with E-state index in [9.17, 15) is 14.4 Å². The quantitative estimate of drug-likeness (QED) is 0.773. The van der Waals surface area contributed by atoms with E-state index in [1.54, 1.807) is 48.1 Å². The number of hydrogen-bond donors (Lipinski definition) is 1. The fourth-order valence-electron chi connectivity index (χ4n) is 3.65. The molecule has 0 saturated carbocycles. The van der Waals surface area contributed by atoms with Crippen molar-refractivity contribution in [2.45, 2.75) is 39.7 Å². The summed E-state index contributed by atoms with van der Waals surface area (Å²) >= 11 is 0. The number of carbonyl (C=O) groups excluding carboxylic acids is 3. The Bertz CT molecular complexity index is 695. The van der Waals surface area contributed by atoms with Crippen molar-refractivity contribution in [1.29, 1.82) is 0 Å². The Morgan fingerprint density at radius 3 is 2.39 bits per heavy atom. The van der Waals surface area contributed by atoms with E-state index < -0.39 is 6.04 Å². The molecule has 1 saturated heterocycles. The Kier molecular flexibility index (Phi) is 7.84. The third-order valence-corrected chi connectivity index (χ3v) is 5.42. The van der Waals surface area contributed by atoms with Crippen LogP contribution >= 0.6 is 0 Å². The minimum atomic E-state index is -0.604. The van der Waals surface area contributed by atoms with E-state index in [0.29, 0.717) is 50.3 Å². The Balaban J connectivity index is 2.19. The summed E-state index contributed by atoms with van der Waals surface area (Å²) in [5.74, 6) is 0.277. The van der Waals surface area contributed by atoms with Crippen LogP contribution in [0.1, 0.15) is 44.0 Å². The second-order valence-corrected chi connectivity index (χ2v) is 7.04. The highest BCUT2D eigenvalue weighted by atomic mass is 16.5. The molecule has 1 atom stereocenters. The fraction of sp³-hybridized carbons (Fsp3) is 0.571. The van der Waals surface area contributed by atoms with Crippen molar-refractivity contribution >= 4 is 17.7 Å². The molecule has 1 fully saturated rings. The molecular formula is C21H31N3O4. The minimum Gasteiger partial charge on any atom is -0.497 e. The van der Waals surface area contributed by atoms with Crippen LogP contribution in [0.4, 0.5) is 0 Å². The van der Waals surface area contributed by atoms with E-state index >= 15 is 0 Å². The molecule has 28 heavy (non-hydrogen) atoms. The van der Waals surface area contributed by atoms with Crippen LogP contribution in [-0.2, 0) is 9.59 Å². The van der Waals surface area contributed by atoms with Crippen LogP contribution in [-0.4, -0.2) is 66.9 Å². The zero-order valence-electron chi connectivity index (χ0n) is 17.2. The second-order valence-electron chi connectivity index (χ2n) is 7.04. The Labute approximate surface area is 167 Å². The maximum absolute atomic E-state index is 13.1. The van der Waals surface area contributed by atoms with Crippen LogP contribution in [0.5, 0.6) is 5.75 Å². The van der Waals surface area contributed by atoms with Crippen LogP contribution in [0.15, 0.2) is 24.3 Å². The van der Waals surface area contributed by atoms with Gasteiger partial charge in [-0.05, 0) is 50.8 Å². The van der Waals surface area contributed by atoms with Crippen molar-refractivity contribution in [2.24, 2.45) is 5.92 Å². The van der Waals surface area contributed by atoms with Gasteiger partial charge in [-0.3, -0.25) is 14.4 Å². The van der Waals surface area contributed by atoms with Crippen molar-refractivity contribution in [1.82, 2.24) is 15.1 Å². The van der Waals surface area contributed by atoms with Gasteiger partial charge in [0.25, 0.3) is 5.91 Å². The number of piperidine rings is 1. The van der Waals surface area contributed by atoms with Crippen molar-refractivity contribution < 1.29 is 19.1 Å². The van der Waals surface area contributed by atoms with Gasteiger partial charge in [-0.2, -0.15) is 0 Å². The van der Waals surface area contributed by atoms with Crippen LogP contribution in [0.2, 0.25) is 0 Å². The SMILES string of the molecule is CCN(CC)C(=O)[C@H](NC(=O)c1cccc(OC)c1)C1CCN(C(C)=O)CC1. The molecule has 0 aliphatic carbocycles. The molecule has 0 unspecified atom stereocenters. The van der Waals surface area contributed by atoms with Crippen molar-refractivity contribution in [3.8, 4) is 5.75 Å². The molecule has 1 heterocycles. The highest BCUT2D eigenvalue weighted by Crippen LogP contribution is 2.23. The van der Waals surface area contributed by atoms with Gasteiger partial charge in [0, 0.05) is 38.7 Å². The third-order valence-electron chi connectivity index (χ3n) is 5.42. The van der Waals surface area contributed by atoms with Gasteiger partial charge in [-0.25, -0.2) is 0 Å². The Hall–Kier alpha value is -2.57. The molecule has 0 aromatic heterocycles. The monoisotopic (exact) mass is 389 g/mol. The molecule has 154 valence electrons. The lowest BCUT2D eigenvalue weighted by molar-refractivity contribution is -0.135. The number of likely N-dealkylation sites (tertiary alicyclic amines) is 1. The lowest BCUT2D eigenvalue weighted by atomic mass is 9.88. The normalized spacial score (nSPS) is 15.6. The zero-order chi connectivity index (χ0) is 20.7. The van der Waals surface area contributed by atoms with E-state index in [1.807, 2.05) is 13.8 Å². The molecule has 2 rings (SSSR count). The number of ether oxygens (including phenoxy) is 1. The minimum absolute atomic E-state index is 0.00161. The van der Waals surface area contributed by atoms with E-state index in [4.69, 9.17) is 4.74 Å². The predicted molar refractivity (Wildman–Crippen MR) is 107 cm³/mol. The van der Waals surface area contributed by atoms with E-state index in [2.05, 4.69) is 5.32 Å². The van der Waals surface area contributed by atoms with E-state index in [1.165, 1.54) is 0 Å². The van der Waals surface area contributed by atoms with Gasteiger partial charge < -0.3 is 19.9 Å². The average molecular weight is 389 g/mol. The molecule has 1 aromatic carbocycles. The third kappa shape index (κ3) is 5.24. The summed E-state index contributed by atoms with van der Waals surface area (Å²) in [5, 5.41) is 2.96. The lowest BCUT2D eigenvalue weighted by Gasteiger charge is -2.37. The number of nitrogens with zero attached hydrogens (tertiary/aromatic N) is 2. The van der Waals surface area contributed by atoms with Gasteiger partial charge in [0.15, 0.2) is 0 Å². The highest BCUT2D eigenvalue weighted by Gasteiger charge is 2.35. The standard InChI is InChI=1S/C21H31N3O4/c1-5-23(6-2)21(27)19(16-10-12-24(13-11-16)15(3)25)22-20(26)17-8-7-9-18(14-17)28-4/h7-9,14,16,19H,5-6,10-13H2,1-4H3,(H,22,26)/t19-/m1/s1. The Morgan fingerprint density at radius 2 is 1.86 bits per heavy atom. The van der Waals surface area contributed by atoms with E-state index in [-0.39, 0.29) is 23.6 Å². The predicted octanol–water partition coefficient (Wildman–Crippen LogP) is 1.92. The largest absolute Gasteiger partial charge is 0.497 e. The number of nitrogens with one attached hydrogen (secondary N) is 1. The van der Waals surface area contributed by atoms with E-state index in [0.717, 1.165) is 0 Å². The van der Waals surface area contributed by atoms with Crippen LogP contribution in [0.25, 0.3) is 0 Å². The fourth-order valence-corrected chi connectivity index (χ4v) is 3.65. The molecular weight excluding hydrogens is 358 g/mol. The molecule has 1 aromatic rings. The number of methoxy groups -OCH3 is 1. The average Bonchev–Trinajstić information content (AvgIpc) is 2.72. The molecule has 0 spiro atoms. The number of likely N-dealkylation sites (N-methyl/N-ethyl adjacent to an activating group) is 1. The number of rotatable bonds is 7. The van der Waals surface area contributed by atoms with Crippen molar-refractivity contribution in [3.05, 3.63) is 29.8 Å². The summed E-state index contributed by atoms with van der Waals surface area (Å²) in [5.41, 5.74) is 0.456. The van der Waals surface area contributed by atoms with Crippen molar-refractivity contribution in [2.75, 3.05) is 33.3 Å². The maximum atomic E-state index is 13.1. The van der Waals surface area contributed by atoms with Gasteiger partial charge >= 0.3 is 0 Å². The summed E-state index contributed by atoms with van der Waals surface area (Å²) in [6.07, 6.45) is 1.38. The first-order chi connectivity index (χ1) is 13.4. The summed E-state index contributed by atoms with van der Waals surface area (Å²) in [4.78, 5) is 41.1. The molecule has 3 amide bonds. The second kappa shape index (κ2) is 10.1. The first-order valence-corrected chi connectivity index (χ1v) is 9.90. The van der Waals surface area contributed by atoms with Crippen LogP contribution < -0.4 is 10.1 Å². The number of carbonyl (C=O) groups is 3. The van der Waals surface area contributed by atoms with Gasteiger partial charge in [-0.1, -0.05) is 6.07 Å². The van der Waals surface area contributed by atoms with Gasteiger partial charge in [0.1, 0.15) is 11.8 Å². The topological polar surface area (TPSA) is 79.0 Å². The number of benzene rings is 1. The van der Waals surface area contributed by atoms with Crippen LogP contribution in [0.3, 0.4) is 0 Å². The molecule has 1 N–H and O–H groups in total. The molecule has 0 bridgehead atoms. The first-order valence-electron chi connectivity index (χ1n) is 9.90. The van der Waals surface area contributed by atoms with Gasteiger partial charge in [0.05, 0.1) is 7.11 Å². The highest BCUT2D eigenvalue weighted by molar-refractivity contribution is 5.98. The van der Waals surface area contributed by atoms with Crippen molar-refractivity contribution in [3.63, 3.8) is 0 Å². The molecule has 7 nitrogen and oxygen atoms in total. The van der Waals surface area contributed by atoms with Gasteiger partial charge in [-0.15, -0.1) is 0 Å². The van der Waals surface area contributed by atoms with Gasteiger partial charge in [0.2, 0.25) is 11.8 Å². The molecule has 7 heteroatoms. The summed E-state index contributed by atoms with van der Waals surface area (Å²) in [6.45, 7) is 7.82. The maximum Gasteiger partial charge on any atom is 0.252 e. The zero-order valence-corrected chi connectivity index (χ0v) is 17.2. The number of hydrogen-bond acceptors (Lipinski definition) is 4. The summed E-state index contributed by atoms with van der Waals surface area (Å²) in [6, 6.07) is 6.28. The first kappa shape index (κ1) is 21.7. The summed E-state index contributed by atoms with van der Waals surface area (Å²) < 4.78 is 5.19. The lowest BCUT2D eigenvalue weighted by Crippen LogP contribution is -2.54. The number of amides is 3. The van der Waals surface area contributed by atoms with Crippen LogP contribution in [0, 0.1) is 5.92 Å². The summed E-state index contributed by atoms with van der Waals surface area (Å²) in [7, 11) is 1.55. The molecule has 0 radical (unpaired) electrons. The smallest absolute Gasteiger partial charge is 0.252 e. The molecule has 1 aliphatic heterocycles.